The van der Waals surface area contributed by atoms with E-state index < -0.39 is 17.3 Å². The van der Waals surface area contributed by atoms with Crippen LogP contribution in [-0.2, 0) is 9.59 Å². The Balaban J connectivity index is 2.18. The predicted molar refractivity (Wildman–Crippen MR) is 106 cm³/mol. The van der Waals surface area contributed by atoms with E-state index in [0.717, 1.165) is 0 Å². The molecule has 0 unspecified atom stereocenters. The summed E-state index contributed by atoms with van der Waals surface area (Å²) in [5, 5.41) is 31.3. The maximum atomic E-state index is 12.6. The molecule has 2 aliphatic rings. The van der Waals surface area contributed by atoms with Gasteiger partial charge >= 0.3 is 0 Å². The van der Waals surface area contributed by atoms with E-state index in [4.69, 9.17) is 0 Å². The molecule has 0 spiro atoms. The van der Waals surface area contributed by atoms with Gasteiger partial charge in [0.15, 0.2) is 0 Å². The molecule has 7 nitrogen and oxygen atoms in total. The molecule has 0 fully saturated rings. The van der Waals surface area contributed by atoms with Gasteiger partial charge in [0.1, 0.15) is 31.4 Å². The average molecular weight is 381 g/mol. The third-order valence-electron chi connectivity index (χ3n) is 4.67. The van der Waals surface area contributed by atoms with Crippen LogP contribution in [0, 0.1) is 0 Å². The molecular formula is C21H21N2O5+. The number of carbonyl (C=O) groups is 2. The maximum Gasteiger partial charge on any atom is 0.238 e. The number of hydrogen-bond acceptors (Lipinski definition) is 6. The Bertz CT molecular complexity index is 1060. The van der Waals surface area contributed by atoms with Gasteiger partial charge in [0.2, 0.25) is 17.3 Å². The number of benzene rings is 1. The summed E-state index contributed by atoms with van der Waals surface area (Å²) in [4.78, 5) is 26.9. The van der Waals surface area contributed by atoms with E-state index in [-0.39, 0.29) is 33.8 Å². The monoisotopic (exact) mass is 381 g/mol. The van der Waals surface area contributed by atoms with Crippen LogP contribution in [0.5, 0.6) is 5.75 Å². The van der Waals surface area contributed by atoms with Gasteiger partial charge in [-0.05, 0) is 18.2 Å². The Hall–Kier alpha value is -3.61. The van der Waals surface area contributed by atoms with Crippen LogP contribution >= 0.6 is 0 Å². The van der Waals surface area contributed by atoms with Gasteiger partial charge in [0, 0.05) is 43.1 Å². The summed E-state index contributed by atoms with van der Waals surface area (Å²) >= 11 is 0. The number of anilines is 1. The summed E-state index contributed by atoms with van der Waals surface area (Å²) in [5.74, 6) is -2.89. The highest BCUT2D eigenvalue weighted by molar-refractivity contribution is 6.63. The highest BCUT2D eigenvalue weighted by Gasteiger charge is 2.40. The van der Waals surface area contributed by atoms with Crippen molar-refractivity contribution in [2.45, 2.75) is 0 Å². The molecule has 1 aromatic rings. The van der Waals surface area contributed by atoms with Crippen molar-refractivity contribution < 1.29 is 29.5 Å². The van der Waals surface area contributed by atoms with Crippen molar-refractivity contribution in [2.24, 2.45) is 0 Å². The number of nitrogens with zero attached hydrogens (tertiary/aromatic N) is 2. The minimum Gasteiger partial charge on any atom is -0.507 e. The van der Waals surface area contributed by atoms with Crippen molar-refractivity contribution in [1.29, 1.82) is 0 Å². The van der Waals surface area contributed by atoms with Gasteiger partial charge in [-0.25, -0.2) is 4.58 Å². The SMILES string of the molecule is CN(C)c1ccc(C2=C(O)/C(=C3\C=CC(=[N+](C)C)C=C3O)C(=O)C2=O)c(O)c1. The molecule has 0 saturated heterocycles. The number of ketones is 2. The highest BCUT2D eigenvalue weighted by Crippen LogP contribution is 2.39. The Labute approximate surface area is 162 Å². The zero-order chi connectivity index (χ0) is 20.7. The summed E-state index contributed by atoms with van der Waals surface area (Å²) in [7, 11) is 7.17. The summed E-state index contributed by atoms with van der Waals surface area (Å²) < 4.78 is 1.77. The zero-order valence-electron chi connectivity index (χ0n) is 16.0. The van der Waals surface area contributed by atoms with E-state index in [2.05, 4.69) is 0 Å². The average Bonchev–Trinajstić information content (AvgIpc) is 2.84. The fraction of sp³-hybridized carbons (Fsp3) is 0.190. The first-order valence-corrected chi connectivity index (χ1v) is 8.54. The number of aliphatic hydroxyl groups is 2. The summed E-state index contributed by atoms with van der Waals surface area (Å²) in [5.41, 5.74) is 0.943. The number of rotatable bonds is 2. The van der Waals surface area contributed by atoms with Crippen molar-refractivity contribution in [3.8, 4) is 5.75 Å². The van der Waals surface area contributed by atoms with Crippen molar-refractivity contribution in [1.82, 2.24) is 0 Å². The summed E-state index contributed by atoms with van der Waals surface area (Å²) in [6, 6.07) is 4.57. The van der Waals surface area contributed by atoms with Gasteiger partial charge in [-0.3, -0.25) is 9.59 Å². The third-order valence-corrected chi connectivity index (χ3v) is 4.67. The molecular weight excluding hydrogens is 360 g/mol. The largest absolute Gasteiger partial charge is 0.507 e. The fourth-order valence-electron chi connectivity index (χ4n) is 3.09. The van der Waals surface area contributed by atoms with E-state index in [1.54, 1.807) is 49.8 Å². The summed E-state index contributed by atoms with van der Waals surface area (Å²) in [6.07, 6.45) is 4.57. The summed E-state index contributed by atoms with van der Waals surface area (Å²) in [6.45, 7) is 0. The quantitative estimate of drug-likeness (QED) is 0.411. The first-order valence-electron chi connectivity index (χ1n) is 8.54. The second kappa shape index (κ2) is 6.84. The van der Waals surface area contributed by atoms with E-state index >= 15 is 0 Å². The van der Waals surface area contributed by atoms with Crippen LogP contribution in [0.4, 0.5) is 5.69 Å². The van der Waals surface area contributed by atoms with Crippen LogP contribution in [0.25, 0.3) is 5.57 Å². The van der Waals surface area contributed by atoms with Crippen LogP contribution in [0.3, 0.4) is 0 Å². The second-order valence-electron chi connectivity index (χ2n) is 6.95. The molecule has 0 amide bonds. The smallest absolute Gasteiger partial charge is 0.238 e. The van der Waals surface area contributed by atoms with E-state index in [9.17, 15) is 24.9 Å². The lowest BCUT2D eigenvalue weighted by Gasteiger charge is -2.14. The molecule has 3 rings (SSSR count). The minimum absolute atomic E-state index is 0.0563. The zero-order valence-corrected chi connectivity index (χ0v) is 16.0. The number of Topliss-reactive ketones (excluding diaryl/α,β-unsaturated/α-hetero) is 2. The lowest BCUT2D eigenvalue weighted by molar-refractivity contribution is -0.462. The molecule has 3 N–H and O–H groups in total. The van der Waals surface area contributed by atoms with Gasteiger partial charge in [-0.1, -0.05) is 0 Å². The third kappa shape index (κ3) is 3.00. The molecule has 1 aromatic carbocycles. The van der Waals surface area contributed by atoms with Crippen molar-refractivity contribution in [2.75, 3.05) is 33.1 Å². The van der Waals surface area contributed by atoms with Crippen LogP contribution in [0.2, 0.25) is 0 Å². The Kier molecular flexibility index (Phi) is 4.68. The van der Waals surface area contributed by atoms with Crippen molar-refractivity contribution in [3.63, 3.8) is 0 Å². The van der Waals surface area contributed by atoms with Crippen LogP contribution in [0.1, 0.15) is 5.56 Å². The maximum absolute atomic E-state index is 12.6. The topological polar surface area (TPSA) is 101 Å². The predicted octanol–water partition coefficient (Wildman–Crippen LogP) is 1.90. The van der Waals surface area contributed by atoms with Crippen LogP contribution in [-0.4, -0.2) is 65.4 Å². The first kappa shape index (κ1) is 19.2. The van der Waals surface area contributed by atoms with Gasteiger partial charge in [0.25, 0.3) is 0 Å². The van der Waals surface area contributed by atoms with E-state index in [0.29, 0.717) is 11.4 Å². The fourth-order valence-corrected chi connectivity index (χ4v) is 3.09. The lowest BCUT2D eigenvalue weighted by Crippen LogP contribution is -2.15. The molecule has 144 valence electrons. The van der Waals surface area contributed by atoms with Crippen LogP contribution in [0.15, 0.2) is 59.1 Å². The van der Waals surface area contributed by atoms with Gasteiger partial charge in [-0.15, -0.1) is 0 Å². The second-order valence-corrected chi connectivity index (χ2v) is 6.95. The Morgan fingerprint density at radius 3 is 2.11 bits per heavy atom. The molecule has 0 aromatic heterocycles. The number of phenols is 1. The number of aromatic hydroxyl groups is 1. The number of hydrogen-bond donors (Lipinski definition) is 3. The molecule has 0 saturated carbocycles. The van der Waals surface area contributed by atoms with Gasteiger partial charge in [0.05, 0.1) is 17.2 Å². The number of carbonyl (C=O) groups excluding carboxylic acids is 2. The normalized spacial score (nSPS) is 19.4. The van der Waals surface area contributed by atoms with Crippen LogP contribution < -0.4 is 4.90 Å². The molecule has 28 heavy (non-hydrogen) atoms. The van der Waals surface area contributed by atoms with Gasteiger partial charge in [-0.2, -0.15) is 0 Å². The lowest BCUT2D eigenvalue weighted by atomic mass is 9.98. The molecule has 0 heterocycles. The molecule has 0 bridgehead atoms. The molecule has 0 aliphatic heterocycles. The molecule has 2 aliphatic carbocycles. The molecule has 7 heteroatoms. The molecule has 0 radical (unpaired) electrons. The number of phenolic OH excluding ortho intramolecular Hbond substituents is 1. The van der Waals surface area contributed by atoms with Crippen molar-refractivity contribution in [3.05, 3.63) is 64.7 Å². The number of allylic oxidation sites excluding steroid dienone is 5. The highest BCUT2D eigenvalue weighted by atomic mass is 16.3. The number of aliphatic hydroxyl groups excluding tert-OH is 2. The first-order chi connectivity index (χ1) is 13.1. The molecule has 0 atom stereocenters. The van der Waals surface area contributed by atoms with E-state index in [1.807, 2.05) is 0 Å². The Morgan fingerprint density at radius 1 is 0.929 bits per heavy atom. The van der Waals surface area contributed by atoms with E-state index in [1.165, 1.54) is 24.3 Å². The van der Waals surface area contributed by atoms with Crippen molar-refractivity contribution >= 4 is 28.5 Å². The minimum atomic E-state index is -0.934. The Morgan fingerprint density at radius 2 is 1.57 bits per heavy atom. The standard InChI is InChI=1S/C21H20N2O5/c1-22(2)11-5-7-13(15(24)9-11)17-19(26)18(21(28)20(17)27)14-8-6-12(23(3)4)10-16(14)25/h5-10H,1-4H3,(H2,24,25,26,27,28)/p+1. The van der Waals surface area contributed by atoms with Gasteiger partial charge < -0.3 is 20.2 Å².